The van der Waals surface area contributed by atoms with Gasteiger partial charge < -0.3 is 25.4 Å². The normalized spacial score (nSPS) is 20.9. The van der Waals surface area contributed by atoms with Gasteiger partial charge in [-0.1, -0.05) is 0 Å². The number of carboxylic acid groups (broad SMARTS) is 3. The van der Waals surface area contributed by atoms with Gasteiger partial charge in [0.2, 0.25) is 0 Å². The lowest BCUT2D eigenvalue weighted by Crippen LogP contribution is -2.73. The molecule has 0 radical (unpaired) electrons. The number of carbonyl (C=O) groups is 3. The van der Waals surface area contributed by atoms with Crippen LogP contribution in [-0.2, 0) is 14.4 Å². The Kier molecular flexibility index (Phi) is 4.81. The van der Waals surface area contributed by atoms with Crippen LogP contribution in [0.2, 0.25) is 0 Å². The molecule has 1 aliphatic heterocycles. The molecule has 0 saturated carbocycles. The van der Waals surface area contributed by atoms with E-state index in [1.54, 1.807) is 0 Å². The fraction of sp³-hybridized carbons (Fsp3) is 0.273. The van der Waals surface area contributed by atoms with E-state index >= 15 is 0 Å². The lowest BCUT2D eigenvalue weighted by Gasteiger charge is -2.21. The molecule has 0 spiro atoms. The molecule has 0 aromatic rings. The van der Waals surface area contributed by atoms with Crippen molar-refractivity contribution in [3.63, 3.8) is 0 Å². The summed E-state index contributed by atoms with van der Waals surface area (Å²) < 4.78 is 0. The Hall–Kier alpha value is -2.64. The highest BCUT2D eigenvalue weighted by molar-refractivity contribution is 5.89. The van der Waals surface area contributed by atoms with Gasteiger partial charge in [-0.3, -0.25) is 0 Å². The van der Waals surface area contributed by atoms with Crippen LogP contribution in [0, 0.1) is 0 Å². The second-order valence-electron chi connectivity index (χ2n) is 3.76. The lowest BCUT2D eigenvalue weighted by molar-refractivity contribution is -0.459. The van der Waals surface area contributed by atoms with E-state index in [9.17, 15) is 19.5 Å². The maximum atomic E-state index is 10.9. The Labute approximate surface area is 107 Å². The molecule has 4 N–H and O–H groups in total. The monoisotopic (exact) mass is 268 g/mol. The molecule has 1 aliphatic rings. The maximum absolute atomic E-state index is 10.9. The minimum atomic E-state index is -1.29. The smallest absolute Gasteiger partial charge is 0.351 e. The first-order valence-electron chi connectivity index (χ1n) is 5.30. The summed E-state index contributed by atoms with van der Waals surface area (Å²) in [5.41, 5.74) is 0.229. The first-order valence-corrected chi connectivity index (χ1v) is 5.30. The van der Waals surface area contributed by atoms with Crippen molar-refractivity contribution in [1.82, 2.24) is 5.32 Å². The van der Waals surface area contributed by atoms with Gasteiger partial charge in [0.15, 0.2) is 12.8 Å². The second kappa shape index (κ2) is 6.34. The van der Waals surface area contributed by atoms with E-state index in [0.717, 1.165) is 0 Å². The zero-order chi connectivity index (χ0) is 14.4. The number of hydrogen-bond acceptors (Lipinski definition) is 5. The summed E-state index contributed by atoms with van der Waals surface area (Å²) in [6, 6.07) is -1.03. The van der Waals surface area contributed by atoms with E-state index in [0.29, 0.717) is 5.57 Å². The molecular weight excluding hydrogens is 256 g/mol. The van der Waals surface area contributed by atoms with Crippen LogP contribution in [-0.4, -0.2) is 46.9 Å². The number of carbonyl (C=O) groups excluding carboxylic acids is 1. The molecule has 102 valence electrons. The van der Waals surface area contributed by atoms with Crippen LogP contribution in [0.5, 0.6) is 0 Å². The van der Waals surface area contributed by atoms with Gasteiger partial charge in [0.05, 0.1) is 0 Å². The third kappa shape index (κ3) is 4.62. The first-order chi connectivity index (χ1) is 8.90. The van der Waals surface area contributed by atoms with Crippen LogP contribution < -0.4 is 15.4 Å². The van der Waals surface area contributed by atoms with Gasteiger partial charge in [-0.05, 0) is 11.6 Å². The van der Waals surface area contributed by atoms with Gasteiger partial charge in [-0.25, -0.2) is 14.6 Å². The summed E-state index contributed by atoms with van der Waals surface area (Å²) in [6.45, 7) is -0.389. The second-order valence-corrected chi connectivity index (χ2v) is 3.76. The SMILES string of the molecule is O=C([O-])C[NH+]=CC=C1C=C(C(=O)O)NC(C(=O)O)C1. The molecule has 1 rings (SSSR count). The zero-order valence-electron chi connectivity index (χ0n) is 9.75. The van der Waals surface area contributed by atoms with Crippen LogP contribution in [0.25, 0.3) is 0 Å². The number of carboxylic acids is 3. The van der Waals surface area contributed by atoms with E-state index in [1.165, 1.54) is 18.4 Å². The van der Waals surface area contributed by atoms with Crippen LogP contribution >= 0.6 is 0 Å². The highest BCUT2D eigenvalue weighted by Crippen LogP contribution is 2.16. The van der Waals surface area contributed by atoms with Crippen molar-refractivity contribution < 1.29 is 34.7 Å². The van der Waals surface area contributed by atoms with Gasteiger partial charge in [0, 0.05) is 12.5 Å². The Morgan fingerprint density at radius 3 is 2.68 bits per heavy atom. The minimum Gasteiger partial charge on any atom is -0.544 e. The Morgan fingerprint density at radius 2 is 2.16 bits per heavy atom. The predicted molar refractivity (Wildman–Crippen MR) is 59.9 cm³/mol. The fourth-order valence-electron chi connectivity index (χ4n) is 1.46. The number of rotatable bonds is 5. The van der Waals surface area contributed by atoms with Crippen molar-refractivity contribution in [3.8, 4) is 0 Å². The van der Waals surface area contributed by atoms with Crippen LogP contribution in [0.1, 0.15) is 6.42 Å². The van der Waals surface area contributed by atoms with Crippen molar-refractivity contribution in [2.24, 2.45) is 0 Å². The third-order valence-corrected chi connectivity index (χ3v) is 2.29. The summed E-state index contributed by atoms with van der Waals surface area (Å²) in [6.07, 6.45) is 4.10. The third-order valence-electron chi connectivity index (χ3n) is 2.29. The summed E-state index contributed by atoms with van der Waals surface area (Å²) in [5.74, 6) is -3.72. The predicted octanol–water partition coefficient (Wildman–Crippen LogP) is -3.77. The van der Waals surface area contributed by atoms with Crippen molar-refractivity contribution in [2.45, 2.75) is 12.5 Å². The molecule has 0 aromatic carbocycles. The highest BCUT2D eigenvalue weighted by Gasteiger charge is 2.26. The van der Waals surface area contributed by atoms with Crippen molar-refractivity contribution in [1.29, 1.82) is 0 Å². The average Bonchev–Trinajstić information content (AvgIpc) is 2.34. The number of aliphatic carboxylic acids is 3. The number of allylic oxidation sites excluding steroid dienone is 2. The number of hydrogen-bond donors (Lipinski definition) is 4. The molecule has 8 heteroatoms. The molecule has 1 heterocycles. The van der Waals surface area contributed by atoms with E-state index in [-0.39, 0.29) is 18.7 Å². The molecule has 19 heavy (non-hydrogen) atoms. The van der Waals surface area contributed by atoms with E-state index in [4.69, 9.17) is 10.2 Å². The van der Waals surface area contributed by atoms with Gasteiger partial charge in [-0.15, -0.1) is 0 Å². The highest BCUT2D eigenvalue weighted by atomic mass is 16.4. The lowest BCUT2D eigenvalue weighted by atomic mass is 10.00. The van der Waals surface area contributed by atoms with Crippen molar-refractivity contribution in [3.05, 3.63) is 23.4 Å². The summed E-state index contributed by atoms with van der Waals surface area (Å²) in [5, 5.41) is 30.2. The summed E-state index contributed by atoms with van der Waals surface area (Å²) in [4.78, 5) is 34.2. The molecule has 0 aliphatic carbocycles. The Morgan fingerprint density at radius 1 is 1.47 bits per heavy atom. The van der Waals surface area contributed by atoms with Gasteiger partial charge >= 0.3 is 11.9 Å². The summed E-state index contributed by atoms with van der Waals surface area (Å²) >= 11 is 0. The topological polar surface area (TPSA) is 141 Å². The average molecular weight is 268 g/mol. The van der Waals surface area contributed by atoms with Crippen LogP contribution in [0.4, 0.5) is 0 Å². The molecule has 0 aromatic heterocycles. The van der Waals surface area contributed by atoms with Gasteiger partial charge in [0.1, 0.15) is 17.7 Å². The van der Waals surface area contributed by atoms with Gasteiger partial charge in [0.25, 0.3) is 0 Å². The molecule has 0 amide bonds. The van der Waals surface area contributed by atoms with E-state index in [2.05, 4.69) is 10.3 Å². The minimum absolute atomic E-state index is 0.0929. The van der Waals surface area contributed by atoms with Crippen LogP contribution in [0.3, 0.4) is 0 Å². The van der Waals surface area contributed by atoms with Crippen LogP contribution in [0.15, 0.2) is 23.4 Å². The Balaban J connectivity index is 2.86. The molecule has 1 atom stereocenters. The first kappa shape index (κ1) is 14.4. The zero-order valence-corrected chi connectivity index (χ0v) is 9.75. The molecule has 8 nitrogen and oxygen atoms in total. The molecular formula is C11H12N2O6. The fourth-order valence-corrected chi connectivity index (χ4v) is 1.46. The van der Waals surface area contributed by atoms with E-state index < -0.39 is 23.9 Å². The van der Waals surface area contributed by atoms with Crippen molar-refractivity contribution >= 4 is 24.1 Å². The van der Waals surface area contributed by atoms with E-state index in [1.807, 2.05) is 0 Å². The molecule has 0 fully saturated rings. The molecule has 0 bridgehead atoms. The molecule has 1 unspecified atom stereocenters. The quantitative estimate of drug-likeness (QED) is 0.375. The maximum Gasteiger partial charge on any atom is 0.351 e. The van der Waals surface area contributed by atoms with Gasteiger partial charge in [-0.2, -0.15) is 0 Å². The summed E-state index contributed by atoms with van der Waals surface area (Å²) in [7, 11) is 0. The number of nitrogens with one attached hydrogen (secondary N) is 2. The standard InChI is InChI=1S/C11H12N2O6/c14-9(15)5-12-2-1-6-3-7(10(16)17)13-8(4-6)11(18)19/h1-3,8,13H,4-5H2,(H,14,15)(H,16,17)(H,18,19). The largest absolute Gasteiger partial charge is 0.544 e. The van der Waals surface area contributed by atoms with Crippen molar-refractivity contribution in [2.75, 3.05) is 6.54 Å². The molecule has 0 saturated heterocycles. The Bertz CT molecular complexity index is 491.